The van der Waals surface area contributed by atoms with Crippen molar-refractivity contribution in [2.45, 2.75) is 19.8 Å². The molecular weight excluding hydrogens is 340 g/mol. The highest BCUT2D eigenvalue weighted by atomic mass is 35.5. The number of hydrogen-bond acceptors (Lipinski definition) is 3. The highest BCUT2D eigenvalue weighted by Gasteiger charge is 2.37. The Hall–Kier alpha value is -1.73. The predicted molar refractivity (Wildman–Crippen MR) is 90.2 cm³/mol. The predicted octanol–water partition coefficient (Wildman–Crippen LogP) is 1.86. The minimum atomic E-state index is -1.01. The molecule has 2 rings (SSSR count). The van der Waals surface area contributed by atoms with Gasteiger partial charge in [-0.2, -0.15) is 0 Å². The fraction of sp³-hybridized carbons (Fsp3) is 0.500. The number of rotatable bonds is 7. The molecule has 24 heavy (non-hydrogen) atoms. The van der Waals surface area contributed by atoms with Crippen molar-refractivity contribution >= 4 is 29.9 Å². The maximum atomic E-state index is 13.3. The van der Waals surface area contributed by atoms with Gasteiger partial charge in [-0.1, -0.05) is 6.92 Å². The van der Waals surface area contributed by atoms with Gasteiger partial charge in [0.2, 0.25) is 11.8 Å². The van der Waals surface area contributed by atoms with Gasteiger partial charge in [-0.25, -0.2) is 8.78 Å². The number of nitrogens with zero attached hydrogens (tertiary/aromatic N) is 1. The number of nitrogens with one attached hydrogen (secondary N) is 2. The molecule has 1 fully saturated rings. The van der Waals surface area contributed by atoms with Crippen LogP contribution in [-0.2, 0) is 9.59 Å². The summed E-state index contributed by atoms with van der Waals surface area (Å²) in [6.07, 6.45) is 1.38. The van der Waals surface area contributed by atoms with Crippen LogP contribution < -0.4 is 15.5 Å². The molecule has 0 saturated carbocycles. The molecular formula is C16H22ClF2N3O2. The Morgan fingerprint density at radius 2 is 2.00 bits per heavy atom. The number of anilines is 1. The van der Waals surface area contributed by atoms with Crippen molar-refractivity contribution in [3.05, 3.63) is 29.8 Å². The smallest absolute Gasteiger partial charge is 0.239 e. The highest BCUT2D eigenvalue weighted by Crippen LogP contribution is 2.26. The van der Waals surface area contributed by atoms with Crippen molar-refractivity contribution in [3.8, 4) is 0 Å². The van der Waals surface area contributed by atoms with Crippen LogP contribution in [0.3, 0.4) is 0 Å². The van der Waals surface area contributed by atoms with Gasteiger partial charge in [0.15, 0.2) is 11.6 Å². The fourth-order valence-electron chi connectivity index (χ4n) is 2.53. The average molecular weight is 362 g/mol. The Labute approximate surface area is 146 Å². The second-order valence-electron chi connectivity index (χ2n) is 5.47. The number of benzene rings is 1. The van der Waals surface area contributed by atoms with E-state index in [1.165, 1.54) is 11.0 Å². The third-order valence-corrected chi connectivity index (χ3v) is 3.76. The summed E-state index contributed by atoms with van der Waals surface area (Å²) in [5, 5.41) is 5.87. The molecule has 0 radical (unpaired) electrons. The van der Waals surface area contributed by atoms with Crippen molar-refractivity contribution in [3.63, 3.8) is 0 Å². The molecule has 1 aromatic carbocycles. The van der Waals surface area contributed by atoms with E-state index < -0.39 is 17.6 Å². The highest BCUT2D eigenvalue weighted by molar-refractivity contribution is 6.09. The van der Waals surface area contributed by atoms with E-state index in [1.54, 1.807) is 0 Å². The maximum Gasteiger partial charge on any atom is 0.239 e. The Kier molecular flexibility index (Phi) is 8.07. The standard InChI is InChI=1S/C16H21F2N3O2.ClH/c1-2-6-19-7-8-20-15(22)12-5-9-21(16(12)23)11-3-4-13(17)14(18)10-11;/h3-4,10,12,19H,2,5-9H2,1H3,(H,20,22);1H. The first kappa shape index (κ1) is 20.3. The normalized spacial score (nSPS) is 16.9. The largest absolute Gasteiger partial charge is 0.354 e. The summed E-state index contributed by atoms with van der Waals surface area (Å²) in [5.41, 5.74) is 0.272. The van der Waals surface area contributed by atoms with E-state index in [2.05, 4.69) is 17.6 Å². The van der Waals surface area contributed by atoms with E-state index in [9.17, 15) is 18.4 Å². The van der Waals surface area contributed by atoms with Gasteiger partial charge in [-0.15, -0.1) is 12.4 Å². The molecule has 0 aliphatic carbocycles. The first-order valence-electron chi connectivity index (χ1n) is 7.79. The van der Waals surface area contributed by atoms with Gasteiger partial charge in [0.25, 0.3) is 0 Å². The zero-order chi connectivity index (χ0) is 16.8. The molecule has 0 aromatic heterocycles. The number of amides is 2. The molecule has 1 aliphatic heterocycles. The monoisotopic (exact) mass is 361 g/mol. The van der Waals surface area contributed by atoms with Crippen molar-refractivity contribution in [1.29, 1.82) is 0 Å². The molecule has 1 unspecified atom stereocenters. The van der Waals surface area contributed by atoms with Gasteiger partial charge in [0.05, 0.1) is 0 Å². The average Bonchev–Trinajstić information content (AvgIpc) is 2.91. The van der Waals surface area contributed by atoms with Gasteiger partial charge < -0.3 is 15.5 Å². The van der Waals surface area contributed by atoms with Crippen LogP contribution in [0.5, 0.6) is 0 Å². The first-order valence-corrected chi connectivity index (χ1v) is 7.79. The van der Waals surface area contributed by atoms with Crippen LogP contribution in [-0.4, -0.2) is 38.0 Å². The Balaban J connectivity index is 0.00000288. The van der Waals surface area contributed by atoms with E-state index in [0.717, 1.165) is 25.1 Å². The van der Waals surface area contributed by atoms with E-state index in [1.807, 2.05) is 0 Å². The number of carbonyl (C=O) groups excluding carboxylic acids is 2. The van der Waals surface area contributed by atoms with Gasteiger partial charge in [-0.05, 0) is 31.5 Å². The maximum absolute atomic E-state index is 13.3. The van der Waals surface area contributed by atoms with Crippen molar-refractivity contribution in [2.75, 3.05) is 31.1 Å². The van der Waals surface area contributed by atoms with E-state index in [4.69, 9.17) is 0 Å². The Morgan fingerprint density at radius 1 is 1.25 bits per heavy atom. The van der Waals surface area contributed by atoms with Crippen molar-refractivity contribution in [2.24, 2.45) is 5.92 Å². The third kappa shape index (κ3) is 4.88. The van der Waals surface area contributed by atoms with Gasteiger partial charge >= 0.3 is 0 Å². The summed E-state index contributed by atoms with van der Waals surface area (Å²) < 4.78 is 26.3. The zero-order valence-corrected chi connectivity index (χ0v) is 14.3. The van der Waals surface area contributed by atoms with Crippen LogP contribution >= 0.6 is 12.4 Å². The summed E-state index contributed by atoms with van der Waals surface area (Å²) >= 11 is 0. The van der Waals surface area contributed by atoms with E-state index in [0.29, 0.717) is 26.1 Å². The number of halogens is 3. The van der Waals surface area contributed by atoms with Crippen molar-refractivity contribution in [1.82, 2.24) is 10.6 Å². The Bertz CT molecular complexity index is 586. The molecule has 2 N–H and O–H groups in total. The van der Waals surface area contributed by atoms with Gasteiger partial charge in [-0.3, -0.25) is 9.59 Å². The molecule has 2 amide bonds. The quantitative estimate of drug-likeness (QED) is 0.575. The second-order valence-corrected chi connectivity index (χ2v) is 5.47. The molecule has 0 bridgehead atoms. The van der Waals surface area contributed by atoms with Crippen LogP contribution in [0.2, 0.25) is 0 Å². The molecule has 1 heterocycles. The van der Waals surface area contributed by atoms with Gasteiger partial charge in [0, 0.05) is 31.4 Å². The van der Waals surface area contributed by atoms with Crippen LogP contribution in [0.25, 0.3) is 0 Å². The lowest BCUT2D eigenvalue weighted by atomic mass is 10.1. The molecule has 8 heteroatoms. The van der Waals surface area contributed by atoms with Crippen LogP contribution in [0.15, 0.2) is 18.2 Å². The minimum Gasteiger partial charge on any atom is -0.354 e. The fourth-order valence-corrected chi connectivity index (χ4v) is 2.53. The number of hydrogen-bond donors (Lipinski definition) is 2. The van der Waals surface area contributed by atoms with E-state index >= 15 is 0 Å². The van der Waals surface area contributed by atoms with E-state index in [-0.39, 0.29) is 29.9 Å². The topological polar surface area (TPSA) is 61.4 Å². The molecule has 1 aliphatic rings. The van der Waals surface area contributed by atoms with Crippen LogP contribution in [0, 0.1) is 17.6 Å². The summed E-state index contributed by atoms with van der Waals surface area (Å²) in [6.45, 7) is 4.34. The molecule has 0 spiro atoms. The minimum absolute atomic E-state index is 0. The van der Waals surface area contributed by atoms with Crippen LogP contribution in [0.1, 0.15) is 19.8 Å². The third-order valence-electron chi connectivity index (χ3n) is 3.76. The molecule has 5 nitrogen and oxygen atoms in total. The summed E-state index contributed by atoms with van der Waals surface area (Å²) in [7, 11) is 0. The first-order chi connectivity index (χ1) is 11.0. The molecule has 1 aromatic rings. The number of carbonyl (C=O) groups is 2. The zero-order valence-electron chi connectivity index (χ0n) is 13.5. The molecule has 1 atom stereocenters. The van der Waals surface area contributed by atoms with Crippen LogP contribution in [0.4, 0.5) is 14.5 Å². The van der Waals surface area contributed by atoms with Crippen molar-refractivity contribution < 1.29 is 18.4 Å². The molecule has 1 saturated heterocycles. The SMILES string of the molecule is CCCNCCNC(=O)C1CCN(c2ccc(F)c(F)c2)C1=O.Cl. The lowest BCUT2D eigenvalue weighted by Gasteiger charge is -2.17. The van der Waals surface area contributed by atoms with Gasteiger partial charge in [0.1, 0.15) is 5.92 Å². The lowest BCUT2D eigenvalue weighted by Crippen LogP contribution is -2.39. The molecule has 134 valence electrons. The summed E-state index contributed by atoms with van der Waals surface area (Å²) in [5.74, 6) is -3.44. The summed E-state index contributed by atoms with van der Waals surface area (Å²) in [4.78, 5) is 25.7. The lowest BCUT2D eigenvalue weighted by molar-refractivity contribution is -0.132. The summed E-state index contributed by atoms with van der Waals surface area (Å²) in [6, 6.07) is 3.29. The Morgan fingerprint density at radius 3 is 2.67 bits per heavy atom. The second kappa shape index (κ2) is 9.54.